The number of carbonyl (C=O) groups excluding carboxylic acids is 2. The van der Waals surface area contributed by atoms with Crippen LogP contribution in [0.3, 0.4) is 0 Å². The Balaban J connectivity index is 1.57. The van der Waals surface area contributed by atoms with Crippen LogP contribution in [0.5, 0.6) is 0 Å². The Morgan fingerprint density at radius 1 is 1.22 bits per heavy atom. The molecule has 5 nitrogen and oxygen atoms in total. The number of aryl methyl sites for hydroxylation is 1. The average molecular weight is 405 g/mol. The first kappa shape index (κ1) is 19.0. The second-order valence-electron chi connectivity index (χ2n) is 5.63. The third kappa shape index (κ3) is 4.90. The maximum Gasteiger partial charge on any atom is 0.358 e. The zero-order valence-corrected chi connectivity index (χ0v) is 15.7. The highest BCUT2D eigenvalue weighted by Crippen LogP contribution is 2.24. The molecule has 0 unspecified atom stereocenters. The van der Waals surface area contributed by atoms with Crippen LogP contribution in [0.4, 0.5) is 10.1 Å². The predicted molar refractivity (Wildman–Crippen MR) is 103 cm³/mol. The van der Waals surface area contributed by atoms with Gasteiger partial charge in [0.15, 0.2) is 12.3 Å². The first-order chi connectivity index (χ1) is 12.9. The van der Waals surface area contributed by atoms with E-state index in [1.54, 1.807) is 37.3 Å². The van der Waals surface area contributed by atoms with Gasteiger partial charge in [-0.05, 0) is 55.0 Å². The van der Waals surface area contributed by atoms with Crippen molar-refractivity contribution < 1.29 is 18.7 Å². The van der Waals surface area contributed by atoms with E-state index in [2.05, 4.69) is 10.3 Å². The minimum atomic E-state index is -0.706. The van der Waals surface area contributed by atoms with Crippen LogP contribution in [0, 0.1) is 12.7 Å². The van der Waals surface area contributed by atoms with Crippen molar-refractivity contribution >= 4 is 40.5 Å². The van der Waals surface area contributed by atoms with Gasteiger partial charge in [0.05, 0.1) is 0 Å². The molecule has 0 aliphatic carbocycles. The van der Waals surface area contributed by atoms with Gasteiger partial charge in [-0.1, -0.05) is 11.6 Å². The molecule has 0 atom stereocenters. The number of nitrogens with one attached hydrogen (secondary N) is 1. The Labute approximate surface area is 163 Å². The van der Waals surface area contributed by atoms with Crippen molar-refractivity contribution in [1.29, 1.82) is 0 Å². The summed E-state index contributed by atoms with van der Waals surface area (Å²) in [7, 11) is 0. The summed E-state index contributed by atoms with van der Waals surface area (Å²) in [6, 6.07) is 10.8. The molecular weight excluding hydrogens is 391 g/mol. The lowest BCUT2D eigenvalue weighted by atomic mass is 10.2. The number of thiazole rings is 1. The van der Waals surface area contributed by atoms with Gasteiger partial charge >= 0.3 is 5.97 Å². The molecule has 138 valence electrons. The monoisotopic (exact) mass is 404 g/mol. The molecule has 0 aliphatic rings. The first-order valence-electron chi connectivity index (χ1n) is 7.87. The summed E-state index contributed by atoms with van der Waals surface area (Å²) in [6.07, 6.45) is 0. The number of hydrogen-bond donors (Lipinski definition) is 1. The van der Waals surface area contributed by atoms with Crippen molar-refractivity contribution in [2.75, 3.05) is 11.9 Å². The quantitative estimate of drug-likeness (QED) is 0.625. The van der Waals surface area contributed by atoms with E-state index >= 15 is 0 Å². The summed E-state index contributed by atoms with van der Waals surface area (Å²) in [5.74, 6) is -1.53. The lowest BCUT2D eigenvalue weighted by molar-refractivity contribution is -0.119. The minimum absolute atomic E-state index is 0.0924. The van der Waals surface area contributed by atoms with Crippen LogP contribution >= 0.6 is 22.9 Å². The number of halogens is 2. The van der Waals surface area contributed by atoms with Crippen LogP contribution in [0.2, 0.25) is 5.02 Å². The molecule has 8 heteroatoms. The third-order valence-corrected chi connectivity index (χ3v) is 4.73. The highest BCUT2D eigenvalue weighted by molar-refractivity contribution is 7.13. The van der Waals surface area contributed by atoms with Crippen LogP contribution in [-0.2, 0) is 9.53 Å². The van der Waals surface area contributed by atoms with E-state index in [9.17, 15) is 14.0 Å². The summed E-state index contributed by atoms with van der Waals surface area (Å²) < 4.78 is 18.0. The largest absolute Gasteiger partial charge is 0.451 e. The number of carbonyl (C=O) groups is 2. The second-order valence-corrected chi connectivity index (χ2v) is 6.92. The number of ether oxygens (including phenoxy) is 1. The topological polar surface area (TPSA) is 68.3 Å². The van der Waals surface area contributed by atoms with Crippen molar-refractivity contribution in [3.63, 3.8) is 0 Å². The van der Waals surface area contributed by atoms with Crippen LogP contribution < -0.4 is 5.32 Å². The molecule has 3 aromatic rings. The zero-order chi connectivity index (χ0) is 19.4. The van der Waals surface area contributed by atoms with E-state index in [4.69, 9.17) is 16.3 Å². The lowest BCUT2D eigenvalue weighted by Crippen LogP contribution is -2.21. The Kier molecular flexibility index (Phi) is 5.83. The Bertz CT molecular complexity index is 989. The van der Waals surface area contributed by atoms with E-state index in [1.807, 2.05) is 0 Å². The van der Waals surface area contributed by atoms with Gasteiger partial charge < -0.3 is 10.1 Å². The molecule has 3 rings (SSSR count). The van der Waals surface area contributed by atoms with Gasteiger partial charge in [0.25, 0.3) is 5.91 Å². The van der Waals surface area contributed by atoms with Crippen molar-refractivity contribution in [1.82, 2.24) is 4.98 Å². The van der Waals surface area contributed by atoms with Crippen LogP contribution in [0.1, 0.15) is 16.1 Å². The molecule has 0 fully saturated rings. The predicted octanol–water partition coefficient (Wildman–Crippen LogP) is 4.71. The number of anilines is 1. The molecule has 1 amide bonds. The number of amides is 1. The second kappa shape index (κ2) is 8.28. The number of aromatic nitrogens is 1. The number of rotatable bonds is 5. The molecule has 1 N–H and O–H groups in total. The third-order valence-electron chi connectivity index (χ3n) is 3.60. The summed E-state index contributed by atoms with van der Waals surface area (Å²) in [5.41, 5.74) is 2.17. The SMILES string of the molecule is Cc1cc(Cl)ccc1NC(=O)COC(=O)c1csc(-c2ccc(F)cc2)n1. The maximum atomic E-state index is 13.0. The van der Waals surface area contributed by atoms with Crippen molar-refractivity contribution in [2.24, 2.45) is 0 Å². The number of hydrogen-bond acceptors (Lipinski definition) is 5. The van der Waals surface area contributed by atoms with Crippen LogP contribution in [-0.4, -0.2) is 23.5 Å². The van der Waals surface area contributed by atoms with Crippen molar-refractivity contribution in [3.8, 4) is 10.6 Å². The normalized spacial score (nSPS) is 10.5. The number of nitrogens with zero attached hydrogens (tertiary/aromatic N) is 1. The van der Waals surface area contributed by atoms with E-state index in [0.29, 0.717) is 21.3 Å². The van der Waals surface area contributed by atoms with Crippen molar-refractivity contribution in [2.45, 2.75) is 6.92 Å². The zero-order valence-electron chi connectivity index (χ0n) is 14.2. The molecule has 1 heterocycles. The Morgan fingerprint density at radius 3 is 2.67 bits per heavy atom. The van der Waals surface area contributed by atoms with E-state index < -0.39 is 18.5 Å². The average Bonchev–Trinajstić information content (AvgIpc) is 3.13. The smallest absolute Gasteiger partial charge is 0.358 e. The highest BCUT2D eigenvalue weighted by Gasteiger charge is 2.15. The minimum Gasteiger partial charge on any atom is -0.451 e. The van der Waals surface area contributed by atoms with Gasteiger partial charge in [0, 0.05) is 21.7 Å². The fraction of sp³-hybridized carbons (Fsp3) is 0.105. The first-order valence-corrected chi connectivity index (χ1v) is 9.13. The van der Waals surface area contributed by atoms with Gasteiger partial charge in [-0.3, -0.25) is 4.79 Å². The molecular formula is C19H14ClFN2O3S. The van der Waals surface area contributed by atoms with Crippen molar-refractivity contribution in [3.05, 3.63) is 69.9 Å². The molecule has 27 heavy (non-hydrogen) atoms. The molecule has 0 spiro atoms. The maximum absolute atomic E-state index is 13.0. The summed E-state index contributed by atoms with van der Waals surface area (Å²) in [4.78, 5) is 28.2. The van der Waals surface area contributed by atoms with Crippen LogP contribution in [0.25, 0.3) is 10.6 Å². The Hall–Kier alpha value is -2.77. The fourth-order valence-electron chi connectivity index (χ4n) is 2.25. The van der Waals surface area contributed by atoms with E-state index in [-0.39, 0.29) is 11.5 Å². The van der Waals surface area contributed by atoms with E-state index in [1.165, 1.54) is 28.8 Å². The molecule has 0 radical (unpaired) electrons. The fourth-order valence-corrected chi connectivity index (χ4v) is 3.27. The molecule has 1 aromatic heterocycles. The summed E-state index contributed by atoms with van der Waals surface area (Å²) in [5, 5.41) is 5.31. The van der Waals surface area contributed by atoms with E-state index in [0.717, 1.165) is 5.56 Å². The number of benzene rings is 2. The highest BCUT2D eigenvalue weighted by atomic mass is 35.5. The Morgan fingerprint density at radius 2 is 1.96 bits per heavy atom. The van der Waals surface area contributed by atoms with Gasteiger partial charge in [-0.2, -0.15) is 0 Å². The molecule has 0 saturated carbocycles. The van der Waals surface area contributed by atoms with Gasteiger partial charge in [-0.25, -0.2) is 14.2 Å². The number of esters is 1. The summed E-state index contributed by atoms with van der Waals surface area (Å²) >= 11 is 7.10. The summed E-state index contributed by atoms with van der Waals surface area (Å²) in [6.45, 7) is 1.37. The van der Waals surface area contributed by atoms with Crippen LogP contribution in [0.15, 0.2) is 47.8 Å². The molecule has 0 aliphatic heterocycles. The van der Waals surface area contributed by atoms with Gasteiger partial charge in [0.1, 0.15) is 10.8 Å². The molecule has 2 aromatic carbocycles. The standard InChI is InChI=1S/C19H14ClFN2O3S/c1-11-8-13(20)4-7-15(11)22-17(24)9-26-19(25)16-10-27-18(23-16)12-2-5-14(21)6-3-12/h2-8,10H,9H2,1H3,(H,22,24). The molecule has 0 bridgehead atoms. The lowest BCUT2D eigenvalue weighted by Gasteiger charge is -2.08. The van der Waals surface area contributed by atoms with Gasteiger partial charge in [-0.15, -0.1) is 11.3 Å². The molecule has 0 saturated heterocycles. The van der Waals surface area contributed by atoms with Gasteiger partial charge in [0.2, 0.25) is 0 Å².